The van der Waals surface area contributed by atoms with Gasteiger partial charge in [-0.15, -0.1) is 10.2 Å². The normalized spacial score (nSPS) is 11.4. The molecular weight excluding hydrogens is 250 g/mol. The fraction of sp³-hybridized carbons (Fsp3) is 0.400. The highest BCUT2D eigenvalue weighted by Crippen LogP contribution is 2.23. The maximum atomic E-state index is 5.51. The van der Waals surface area contributed by atoms with Crippen molar-refractivity contribution in [2.45, 2.75) is 19.9 Å². The average molecular weight is 263 g/mol. The molecule has 3 heterocycles. The summed E-state index contributed by atoms with van der Waals surface area (Å²) in [5.41, 5.74) is 6.36. The van der Waals surface area contributed by atoms with Crippen molar-refractivity contribution in [3.8, 4) is 10.7 Å². The third-order valence-electron chi connectivity index (χ3n) is 2.61. The number of imidazole rings is 1. The van der Waals surface area contributed by atoms with Crippen molar-refractivity contribution in [2.75, 3.05) is 6.54 Å². The van der Waals surface area contributed by atoms with Gasteiger partial charge >= 0.3 is 0 Å². The monoisotopic (exact) mass is 263 g/mol. The van der Waals surface area contributed by atoms with Crippen LogP contribution in [0.4, 0.5) is 0 Å². The number of rotatable bonds is 4. The van der Waals surface area contributed by atoms with Gasteiger partial charge in [0.25, 0.3) is 0 Å². The second-order valence-corrected chi connectivity index (χ2v) is 4.81. The van der Waals surface area contributed by atoms with Crippen LogP contribution in [0.2, 0.25) is 0 Å². The van der Waals surface area contributed by atoms with E-state index in [1.165, 1.54) is 11.3 Å². The molecule has 3 aromatic heterocycles. The molecule has 3 aromatic rings. The molecule has 0 fully saturated rings. The Bertz CT molecular complexity index is 665. The first-order valence-corrected chi connectivity index (χ1v) is 6.56. The molecule has 0 radical (unpaired) electrons. The summed E-state index contributed by atoms with van der Waals surface area (Å²) in [7, 11) is 0. The minimum atomic E-state index is 0.598. The SMILES string of the molecule is CCc1nnc2sc(-c3cn(CCN)cn3)nn12. The van der Waals surface area contributed by atoms with Crippen molar-refractivity contribution in [3.05, 3.63) is 18.3 Å². The van der Waals surface area contributed by atoms with Crippen LogP contribution in [-0.2, 0) is 13.0 Å². The molecule has 7 nitrogen and oxygen atoms in total. The summed E-state index contributed by atoms with van der Waals surface area (Å²) >= 11 is 1.49. The molecule has 0 aliphatic heterocycles. The molecule has 0 aliphatic carbocycles. The molecule has 0 saturated carbocycles. The fourth-order valence-electron chi connectivity index (χ4n) is 1.72. The van der Waals surface area contributed by atoms with Gasteiger partial charge in [-0.25, -0.2) is 4.98 Å². The lowest BCUT2D eigenvalue weighted by molar-refractivity contribution is 0.708. The third-order valence-corrected chi connectivity index (χ3v) is 3.53. The number of hydrogen-bond acceptors (Lipinski definition) is 6. The van der Waals surface area contributed by atoms with Gasteiger partial charge in [0.2, 0.25) is 4.96 Å². The first-order chi connectivity index (χ1) is 8.81. The van der Waals surface area contributed by atoms with E-state index >= 15 is 0 Å². The summed E-state index contributed by atoms with van der Waals surface area (Å²) in [5, 5.41) is 13.5. The van der Waals surface area contributed by atoms with Gasteiger partial charge in [-0.05, 0) is 0 Å². The van der Waals surface area contributed by atoms with E-state index in [9.17, 15) is 0 Å². The van der Waals surface area contributed by atoms with Crippen LogP contribution < -0.4 is 5.73 Å². The Morgan fingerprint density at radius 3 is 3.06 bits per heavy atom. The molecule has 0 bridgehead atoms. The van der Waals surface area contributed by atoms with Crippen molar-refractivity contribution in [2.24, 2.45) is 5.73 Å². The van der Waals surface area contributed by atoms with Crippen molar-refractivity contribution in [1.82, 2.24) is 29.4 Å². The van der Waals surface area contributed by atoms with E-state index in [-0.39, 0.29) is 0 Å². The lowest BCUT2D eigenvalue weighted by Crippen LogP contribution is -2.07. The Labute approximate surface area is 107 Å². The van der Waals surface area contributed by atoms with Crippen LogP contribution in [-0.4, -0.2) is 35.9 Å². The molecule has 8 heteroatoms. The minimum Gasteiger partial charge on any atom is -0.335 e. The number of aromatic nitrogens is 6. The molecular formula is C10H13N7S. The summed E-state index contributed by atoms with van der Waals surface area (Å²) in [4.78, 5) is 5.13. The maximum Gasteiger partial charge on any atom is 0.235 e. The van der Waals surface area contributed by atoms with E-state index in [2.05, 4.69) is 20.3 Å². The topological polar surface area (TPSA) is 86.9 Å². The Hall–Kier alpha value is -1.80. The zero-order valence-corrected chi connectivity index (χ0v) is 10.8. The van der Waals surface area contributed by atoms with Crippen LogP contribution in [0.25, 0.3) is 15.7 Å². The summed E-state index contributed by atoms with van der Waals surface area (Å²) in [6.45, 7) is 3.39. The molecule has 0 saturated heterocycles. The summed E-state index contributed by atoms with van der Waals surface area (Å²) < 4.78 is 3.74. The van der Waals surface area contributed by atoms with Gasteiger partial charge in [0.05, 0.1) is 6.33 Å². The molecule has 94 valence electrons. The van der Waals surface area contributed by atoms with Gasteiger partial charge in [0.15, 0.2) is 10.8 Å². The number of fused-ring (bicyclic) bond motifs is 1. The Kier molecular flexibility index (Phi) is 2.80. The quantitative estimate of drug-likeness (QED) is 0.743. The van der Waals surface area contributed by atoms with Crippen LogP contribution in [0.1, 0.15) is 12.7 Å². The van der Waals surface area contributed by atoms with E-state index in [1.54, 1.807) is 10.8 Å². The zero-order valence-electron chi connectivity index (χ0n) is 9.94. The minimum absolute atomic E-state index is 0.598. The maximum absolute atomic E-state index is 5.51. The Balaban J connectivity index is 1.99. The standard InChI is InChI=1S/C10H13N7S/c1-2-8-13-14-10-17(8)15-9(18-10)7-5-16(4-3-11)6-12-7/h5-6H,2-4,11H2,1H3. The van der Waals surface area contributed by atoms with E-state index in [0.29, 0.717) is 6.54 Å². The smallest absolute Gasteiger partial charge is 0.235 e. The highest BCUT2D eigenvalue weighted by Gasteiger charge is 2.13. The Morgan fingerprint density at radius 2 is 2.28 bits per heavy atom. The van der Waals surface area contributed by atoms with Crippen molar-refractivity contribution in [3.63, 3.8) is 0 Å². The van der Waals surface area contributed by atoms with Crippen LogP contribution in [0.15, 0.2) is 12.5 Å². The van der Waals surface area contributed by atoms with Crippen LogP contribution in [0.3, 0.4) is 0 Å². The number of nitrogens with zero attached hydrogens (tertiary/aromatic N) is 6. The van der Waals surface area contributed by atoms with Crippen LogP contribution >= 0.6 is 11.3 Å². The van der Waals surface area contributed by atoms with Crippen molar-refractivity contribution in [1.29, 1.82) is 0 Å². The molecule has 0 spiro atoms. The van der Waals surface area contributed by atoms with E-state index in [4.69, 9.17) is 5.73 Å². The fourth-order valence-corrected chi connectivity index (χ4v) is 2.54. The highest BCUT2D eigenvalue weighted by atomic mass is 32.1. The first kappa shape index (κ1) is 11.3. The molecule has 0 aliphatic rings. The average Bonchev–Trinajstić information content (AvgIpc) is 3.01. The number of nitrogens with two attached hydrogens (primary N) is 1. The van der Waals surface area contributed by atoms with Gasteiger partial charge in [-0.2, -0.15) is 9.61 Å². The molecule has 0 atom stereocenters. The zero-order chi connectivity index (χ0) is 12.5. The van der Waals surface area contributed by atoms with Gasteiger partial charge in [-0.1, -0.05) is 18.3 Å². The van der Waals surface area contributed by atoms with Crippen molar-refractivity contribution >= 4 is 16.3 Å². The summed E-state index contributed by atoms with van der Waals surface area (Å²) in [5.74, 6) is 0.869. The second kappa shape index (κ2) is 4.46. The van der Waals surface area contributed by atoms with Crippen LogP contribution in [0.5, 0.6) is 0 Å². The van der Waals surface area contributed by atoms with E-state index in [0.717, 1.165) is 34.5 Å². The molecule has 0 amide bonds. The summed E-state index contributed by atoms with van der Waals surface area (Å²) in [6, 6.07) is 0. The lowest BCUT2D eigenvalue weighted by atomic mass is 10.5. The highest BCUT2D eigenvalue weighted by molar-refractivity contribution is 7.19. The molecule has 3 rings (SSSR count). The Morgan fingerprint density at radius 1 is 1.39 bits per heavy atom. The molecule has 18 heavy (non-hydrogen) atoms. The molecule has 2 N–H and O–H groups in total. The predicted octanol–water partition coefficient (Wildman–Crippen LogP) is 0.570. The van der Waals surface area contributed by atoms with E-state index in [1.807, 2.05) is 17.7 Å². The van der Waals surface area contributed by atoms with Crippen molar-refractivity contribution < 1.29 is 0 Å². The van der Waals surface area contributed by atoms with Gasteiger partial charge < -0.3 is 10.3 Å². The number of hydrogen-bond donors (Lipinski definition) is 1. The second-order valence-electron chi connectivity index (χ2n) is 3.86. The predicted molar refractivity (Wildman–Crippen MR) is 68.3 cm³/mol. The first-order valence-electron chi connectivity index (χ1n) is 5.75. The van der Waals surface area contributed by atoms with Gasteiger partial charge in [0.1, 0.15) is 5.69 Å². The molecule has 0 unspecified atom stereocenters. The largest absolute Gasteiger partial charge is 0.335 e. The molecule has 0 aromatic carbocycles. The summed E-state index contributed by atoms with van der Waals surface area (Å²) in [6.07, 6.45) is 4.53. The van der Waals surface area contributed by atoms with E-state index < -0.39 is 0 Å². The van der Waals surface area contributed by atoms with Gasteiger partial charge in [0, 0.05) is 25.7 Å². The van der Waals surface area contributed by atoms with Crippen LogP contribution in [0, 0.1) is 0 Å². The third kappa shape index (κ3) is 1.79. The number of aryl methyl sites for hydroxylation is 1. The van der Waals surface area contributed by atoms with Gasteiger partial charge in [-0.3, -0.25) is 0 Å². The lowest BCUT2D eigenvalue weighted by Gasteiger charge is -1.94.